The minimum Gasteiger partial charge on any atom is -0.435 e. The molecule has 0 fully saturated rings. The van der Waals surface area contributed by atoms with Crippen LogP contribution in [0.1, 0.15) is 6.92 Å². The zero-order valence-corrected chi connectivity index (χ0v) is 15.7. The molecule has 2 aromatic rings. The second kappa shape index (κ2) is 7.31. The summed E-state index contributed by atoms with van der Waals surface area (Å²) in [6, 6.07) is 5.32. The van der Waals surface area contributed by atoms with Gasteiger partial charge in [0.25, 0.3) is 5.88 Å². The van der Waals surface area contributed by atoms with E-state index >= 15 is 0 Å². The maximum Gasteiger partial charge on any atom is 0.257 e. The van der Waals surface area contributed by atoms with Crippen molar-refractivity contribution in [1.29, 1.82) is 0 Å². The predicted octanol–water partition coefficient (Wildman–Crippen LogP) is 6.21. The Bertz CT molecular complexity index is 643. The molecule has 2 rings (SSSR count). The molecule has 1 heterocycles. The molecule has 0 atom stereocenters. The highest BCUT2D eigenvalue weighted by Crippen LogP contribution is 2.39. The summed E-state index contributed by atoms with van der Waals surface area (Å²) in [5.41, 5.74) is 0. The summed E-state index contributed by atoms with van der Waals surface area (Å²) in [7, 11) is 0. The van der Waals surface area contributed by atoms with Gasteiger partial charge in [-0.15, -0.1) is 22.0 Å². The molecule has 0 bridgehead atoms. The van der Waals surface area contributed by atoms with Crippen molar-refractivity contribution in [2.45, 2.75) is 11.8 Å². The van der Waals surface area contributed by atoms with Crippen LogP contribution >= 0.6 is 66.8 Å². The van der Waals surface area contributed by atoms with E-state index in [9.17, 15) is 0 Å². The number of aromatic nitrogens is 2. The Morgan fingerprint density at radius 3 is 2.55 bits per heavy atom. The van der Waals surface area contributed by atoms with Gasteiger partial charge >= 0.3 is 0 Å². The van der Waals surface area contributed by atoms with Crippen LogP contribution in [-0.2, 0) is 0 Å². The summed E-state index contributed by atoms with van der Waals surface area (Å²) in [5.74, 6) is 1.79. The third kappa shape index (κ3) is 4.01. The van der Waals surface area contributed by atoms with Crippen LogP contribution in [0.15, 0.2) is 32.0 Å². The van der Waals surface area contributed by atoms with Crippen LogP contribution < -0.4 is 4.74 Å². The molecule has 0 N–H and O–H groups in total. The Hall–Kier alpha value is -0.0100. The minimum atomic E-state index is 0.214. The van der Waals surface area contributed by atoms with Gasteiger partial charge in [0.05, 0.1) is 4.47 Å². The lowest BCUT2D eigenvalue weighted by molar-refractivity contribution is 0.451. The highest BCUT2D eigenvalue weighted by Gasteiger charge is 2.12. The Morgan fingerprint density at radius 2 is 1.90 bits per heavy atom. The number of hydrogen-bond donors (Lipinski definition) is 0. The number of benzene rings is 1. The molecule has 3 nitrogen and oxygen atoms in total. The molecule has 0 unspecified atom stereocenters. The second-order valence-electron chi connectivity index (χ2n) is 3.57. The van der Waals surface area contributed by atoms with E-state index in [1.807, 2.05) is 12.1 Å². The third-order valence-electron chi connectivity index (χ3n) is 2.18. The molecule has 1 aromatic carbocycles. The first-order valence-corrected chi connectivity index (χ1v) is 8.82. The summed E-state index contributed by atoms with van der Waals surface area (Å²) in [5, 5.41) is 8.09. The molecule has 0 saturated heterocycles. The Kier molecular flexibility index (Phi) is 5.98. The molecule has 20 heavy (non-hydrogen) atoms. The van der Waals surface area contributed by atoms with Crippen molar-refractivity contribution in [2.24, 2.45) is 0 Å². The molecule has 106 valence electrons. The first-order valence-electron chi connectivity index (χ1n) is 5.49. The highest BCUT2D eigenvalue weighted by molar-refractivity contribution is 9.11. The summed E-state index contributed by atoms with van der Waals surface area (Å²) >= 11 is 20.4. The standard InChI is InChI=1S/C12H8Br2Cl2N2OS/c1-2-20-10-5-9(6(13)3-7(10)14)19-12-8(15)4-11(16)17-18-12/h3-5H,2H2,1H3. The van der Waals surface area contributed by atoms with Crippen LogP contribution in [0.4, 0.5) is 0 Å². The molecule has 0 radical (unpaired) electrons. The van der Waals surface area contributed by atoms with E-state index in [4.69, 9.17) is 27.9 Å². The maximum absolute atomic E-state index is 6.02. The summed E-state index contributed by atoms with van der Waals surface area (Å²) in [6.07, 6.45) is 0. The van der Waals surface area contributed by atoms with Crippen molar-refractivity contribution in [3.05, 3.63) is 37.3 Å². The monoisotopic (exact) mass is 456 g/mol. The number of ether oxygens (including phenoxy) is 1. The summed E-state index contributed by atoms with van der Waals surface area (Å²) < 4.78 is 7.48. The van der Waals surface area contributed by atoms with E-state index in [-0.39, 0.29) is 11.0 Å². The zero-order chi connectivity index (χ0) is 14.7. The van der Waals surface area contributed by atoms with Crippen LogP contribution in [0, 0.1) is 0 Å². The van der Waals surface area contributed by atoms with Crippen molar-refractivity contribution in [1.82, 2.24) is 10.2 Å². The van der Waals surface area contributed by atoms with Crippen molar-refractivity contribution >= 4 is 66.8 Å². The van der Waals surface area contributed by atoms with Crippen molar-refractivity contribution in [2.75, 3.05) is 5.75 Å². The van der Waals surface area contributed by atoms with Gasteiger partial charge in [0, 0.05) is 15.4 Å². The molecule has 0 saturated carbocycles. The van der Waals surface area contributed by atoms with E-state index in [0.717, 1.165) is 19.6 Å². The number of halogens is 4. The smallest absolute Gasteiger partial charge is 0.257 e. The molecule has 0 amide bonds. The van der Waals surface area contributed by atoms with Crippen molar-refractivity contribution in [3.63, 3.8) is 0 Å². The zero-order valence-electron chi connectivity index (χ0n) is 10.2. The van der Waals surface area contributed by atoms with Gasteiger partial charge in [-0.25, -0.2) is 0 Å². The second-order valence-corrected chi connectivity index (χ2v) is 7.38. The van der Waals surface area contributed by atoms with Gasteiger partial charge < -0.3 is 4.74 Å². The largest absolute Gasteiger partial charge is 0.435 e. The van der Waals surface area contributed by atoms with Gasteiger partial charge in [-0.05, 0) is 49.7 Å². The normalized spacial score (nSPS) is 10.7. The van der Waals surface area contributed by atoms with E-state index in [0.29, 0.717) is 10.8 Å². The molecule has 0 spiro atoms. The minimum absolute atomic E-state index is 0.214. The van der Waals surface area contributed by atoms with Gasteiger partial charge in [0.15, 0.2) is 5.15 Å². The van der Waals surface area contributed by atoms with E-state index < -0.39 is 0 Å². The lowest BCUT2D eigenvalue weighted by atomic mass is 10.3. The fourth-order valence-electron chi connectivity index (χ4n) is 1.36. The van der Waals surface area contributed by atoms with Gasteiger partial charge in [-0.2, -0.15) is 0 Å². The quantitative estimate of drug-likeness (QED) is 0.510. The fraction of sp³-hybridized carbons (Fsp3) is 0.167. The Balaban J connectivity index is 2.35. The van der Waals surface area contributed by atoms with E-state index in [2.05, 4.69) is 49.0 Å². The molecule has 8 heteroatoms. The first-order chi connectivity index (χ1) is 9.51. The number of hydrogen-bond acceptors (Lipinski definition) is 4. The van der Waals surface area contributed by atoms with Gasteiger partial charge in [-0.1, -0.05) is 30.1 Å². The lowest BCUT2D eigenvalue weighted by Gasteiger charge is -2.11. The van der Waals surface area contributed by atoms with Crippen LogP contribution in [0.25, 0.3) is 0 Å². The number of thioether (sulfide) groups is 1. The lowest BCUT2D eigenvalue weighted by Crippen LogP contribution is -1.93. The fourth-order valence-corrected chi connectivity index (χ4v) is 3.86. The first kappa shape index (κ1) is 16.4. The molecular formula is C12H8Br2Cl2N2OS. The number of rotatable bonds is 4. The molecule has 0 aliphatic rings. The van der Waals surface area contributed by atoms with Crippen LogP contribution in [0.3, 0.4) is 0 Å². The molecule has 0 aliphatic carbocycles. The average Bonchev–Trinajstić information content (AvgIpc) is 2.38. The third-order valence-corrected chi connectivity index (χ3v) is 5.11. The maximum atomic E-state index is 6.02. The SMILES string of the molecule is CCSc1cc(Oc2nnc(Cl)cc2Cl)c(Br)cc1Br. The van der Waals surface area contributed by atoms with Crippen molar-refractivity contribution < 1.29 is 4.74 Å². The number of nitrogens with zero attached hydrogens (tertiary/aromatic N) is 2. The highest BCUT2D eigenvalue weighted by atomic mass is 79.9. The summed E-state index contributed by atoms with van der Waals surface area (Å²) in [6.45, 7) is 2.08. The molecule has 1 aromatic heterocycles. The summed E-state index contributed by atoms with van der Waals surface area (Å²) in [4.78, 5) is 1.07. The Morgan fingerprint density at radius 1 is 1.15 bits per heavy atom. The Labute approximate surface area is 147 Å². The molecule has 0 aliphatic heterocycles. The molecular weight excluding hydrogens is 451 g/mol. The van der Waals surface area contributed by atoms with E-state index in [1.54, 1.807) is 11.8 Å². The topological polar surface area (TPSA) is 35.0 Å². The van der Waals surface area contributed by atoms with Crippen LogP contribution in [-0.4, -0.2) is 16.0 Å². The van der Waals surface area contributed by atoms with Gasteiger partial charge in [-0.3, -0.25) is 0 Å². The van der Waals surface area contributed by atoms with Gasteiger partial charge in [0.2, 0.25) is 0 Å². The van der Waals surface area contributed by atoms with Crippen LogP contribution in [0.2, 0.25) is 10.2 Å². The van der Waals surface area contributed by atoms with Crippen LogP contribution in [0.5, 0.6) is 11.6 Å². The van der Waals surface area contributed by atoms with Gasteiger partial charge in [0.1, 0.15) is 10.8 Å². The predicted molar refractivity (Wildman–Crippen MR) is 90.4 cm³/mol. The van der Waals surface area contributed by atoms with Crippen molar-refractivity contribution in [3.8, 4) is 11.6 Å². The van der Waals surface area contributed by atoms with E-state index in [1.165, 1.54) is 6.07 Å². The average molecular weight is 459 g/mol.